The van der Waals surface area contributed by atoms with Gasteiger partial charge in [0.2, 0.25) is 0 Å². The summed E-state index contributed by atoms with van der Waals surface area (Å²) in [6.45, 7) is 1.87. The molecule has 0 fully saturated rings. The number of hydrogen-bond donors (Lipinski definition) is 1. The number of halogens is 1. The van der Waals surface area contributed by atoms with Crippen LogP contribution in [-0.2, 0) is 0 Å². The van der Waals surface area contributed by atoms with Gasteiger partial charge in [-0.2, -0.15) is 0 Å². The maximum absolute atomic E-state index is 13.2. The number of carbonyl (C=O) groups excluding carboxylic acids is 1. The molecule has 0 unspecified atom stereocenters. The van der Waals surface area contributed by atoms with Gasteiger partial charge in [0.05, 0.1) is 12.7 Å². The summed E-state index contributed by atoms with van der Waals surface area (Å²) >= 11 is 0. The van der Waals surface area contributed by atoms with E-state index in [0.717, 1.165) is 11.6 Å². The first kappa shape index (κ1) is 13.1. The topological polar surface area (TPSA) is 52.3 Å². The quantitative estimate of drug-likeness (QED) is 0.681. The van der Waals surface area contributed by atoms with Crippen molar-refractivity contribution in [2.75, 3.05) is 12.8 Å². The van der Waals surface area contributed by atoms with E-state index in [2.05, 4.69) is 0 Å². The summed E-state index contributed by atoms with van der Waals surface area (Å²) in [5.74, 6) is -0.402. The molecule has 0 heterocycles. The van der Waals surface area contributed by atoms with Crippen LogP contribution in [0.1, 0.15) is 21.5 Å². The molecule has 2 rings (SSSR count). The third-order valence-electron chi connectivity index (χ3n) is 2.86. The number of methoxy groups -OCH3 is 1. The summed E-state index contributed by atoms with van der Waals surface area (Å²) < 4.78 is 18.4. The molecular formula is C15H14FNO2. The SMILES string of the molecule is COc1ccc(C)cc1C(=O)c1cc(F)ccc1N. The molecule has 2 aromatic rings. The smallest absolute Gasteiger partial charge is 0.198 e. The van der Waals surface area contributed by atoms with Crippen molar-refractivity contribution in [3.05, 3.63) is 58.9 Å². The minimum absolute atomic E-state index is 0.143. The molecular weight excluding hydrogens is 245 g/mol. The lowest BCUT2D eigenvalue weighted by Crippen LogP contribution is -2.08. The Morgan fingerprint density at radius 1 is 1.16 bits per heavy atom. The number of hydrogen-bond acceptors (Lipinski definition) is 3. The Morgan fingerprint density at radius 2 is 1.89 bits per heavy atom. The van der Waals surface area contributed by atoms with Crippen molar-refractivity contribution in [3.8, 4) is 5.75 Å². The van der Waals surface area contributed by atoms with Crippen LogP contribution < -0.4 is 10.5 Å². The van der Waals surface area contributed by atoms with E-state index in [0.29, 0.717) is 11.3 Å². The molecule has 4 heteroatoms. The Hall–Kier alpha value is -2.36. The molecule has 0 aliphatic rings. The Balaban J connectivity index is 2.55. The Labute approximate surface area is 110 Å². The fourth-order valence-corrected chi connectivity index (χ4v) is 1.87. The van der Waals surface area contributed by atoms with E-state index in [9.17, 15) is 9.18 Å². The zero-order chi connectivity index (χ0) is 14.0. The number of ether oxygens (including phenoxy) is 1. The van der Waals surface area contributed by atoms with E-state index in [-0.39, 0.29) is 17.0 Å². The molecule has 0 radical (unpaired) electrons. The summed E-state index contributed by atoms with van der Waals surface area (Å²) in [5, 5.41) is 0. The Morgan fingerprint density at radius 3 is 2.58 bits per heavy atom. The Kier molecular flexibility index (Phi) is 3.51. The van der Waals surface area contributed by atoms with Gasteiger partial charge in [0.1, 0.15) is 11.6 Å². The lowest BCUT2D eigenvalue weighted by atomic mass is 9.99. The molecule has 0 aliphatic carbocycles. The van der Waals surface area contributed by atoms with E-state index in [1.54, 1.807) is 12.1 Å². The fraction of sp³-hybridized carbons (Fsp3) is 0.133. The molecule has 0 aliphatic heterocycles. The highest BCUT2D eigenvalue weighted by Gasteiger charge is 2.17. The first-order chi connectivity index (χ1) is 9.02. The van der Waals surface area contributed by atoms with Crippen LogP contribution in [0.2, 0.25) is 0 Å². The number of anilines is 1. The highest BCUT2D eigenvalue weighted by molar-refractivity contribution is 6.13. The van der Waals surface area contributed by atoms with Crippen molar-refractivity contribution >= 4 is 11.5 Å². The van der Waals surface area contributed by atoms with Crippen molar-refractivity contribution in [3.63, 3.8) is 0 Å². The van der Waals surface area contributed by atoms with Crippen molar-refractivity contribution in [1.82, 2.24) is 0 Å². The molecule has 2 N–H and O–H groups in total. The molecule has 98 valence electrons. The second-order valence-corrected chi connectivity index (χ2v) is 4.26. The number of nitrogens with two attached hydrogens (primary N) is 1. The lowest BCUT2D eigenvalue weighted by molar-refractivity contribution is 0.103. The number of ketones is 1. The minimum Gasteiger partial charge on any atom is -0.496 e. The third-order valence-corrected chi connectivity index (χ3v) is 2.86. The monoisotopic (exact) mass is 259 g/mol. The first-order valence-electron chi connectivity index (χ1n) is 5.77. The number of nitrogen functional groups attached to an aromatic ring is 1. The van der Waals surface area contributed by atoms with Crippen molar-refractivity contribution in [1.29, 1.82) is 0 Å². The average molecular weight is 259 g/mol. The third kappa shape index (κ3) is 2.57. The number of rotatable bonds is 3. The maximum atomic E-state index is 13.2. The van der Waals surface area contributed by atoms with Crippen molar-refractivity contribution in [2.24, 2.45) is 0 Å². The molecule has 0 bridgehead atoms. The average Bonchev–Trinajstić information content (AvgIpc) is 2.40. The van der Waals surface area contributed by atoms with E-state index in [4.69, 9.17) is 10.5 Å². The summed E-state index contributed by atoms with van der Waals surface area (Å²) in [7, 11) is 1.48. The summed E-state index contributed by atoms with van der Waals surface area (Å²) in [6.07, 6.45) is 0. The van der Waals surface area contributed by atoms with Gasteiger partial charge >= 0.3 is 0 Å². The van der Waals surface area contributed by atoms with Gasteiger partial charge in [-0.05, 0) is 37.3 Å². The standard InChI is InChI=1S/C15H14FNO2/c1-9-3-6-14(19-2)12(7-9)15(18)11-8-10(16)4-5-13(11)17/h3-8H,17H2,1-2H3. The molecule has 0 atom stereocenters. The first-order valence-corrected chi connectivity index (χ1v) is 5.77. The number of aryl methyl sites for hydroxylation is 1. The predicted octanol–water partition coefficient (Wildman–Crippen LogP) is 2.96. The van der Waals surface area contributed by atoms with Crippen LogP contribution in [0, 0.1) is 12.7 Å². The fourth-order valence-electron chi connectivity index (χ4n) is 1.87. The zero-order valence-corrected chi connectivity index (χ0v) is 10.7. The summed E-state index contributed by atoms with van der Waals surface area (Å²) in [4.78, 5) is 12.4. The van der Waals surface area contributed by atoms with Crippen LogP contribution >= 0.6 is 0 Å². The largest absolute Gasteiger partial charge is 0.496 e. The molecule has 2 aromatic carbocycles. The minimum atomic E-state index is -0.496. The highest BCUT2D eigenvalue weighted by atomic mass is 19.1. The Bertz CT molecular complexity index is 638. The normalized spacial score (nSPS) is 10.3. The molecule has 19 heavy (non-hydrogen) atoms. The van der Waals surface area contributed by atoms with Gasteiger partial charge in [-0.15, -0.1) is 0 Å². The lowest BCUT2D eigenvalue weighted by Gasteiger charge is -2.10. The van der Waals surface area contributed by atoms with Crippen LogP contribution in [0.15, 0.2) is 36.4 Å². The molecule has 0 spiro atoms. The predicted molar refractivity (Wildman–Crippen MR) is 72.0 cm³/mol. The molecule has 0 aromatic heterocycles. The van der Waals surface area contributed by atoms with Crippen LogP contribution in [0.4, 0.5) is 10.1 Å². The van der Waals surface area contributed by atoms with Gasteiger partial charge in [-0.1, -0.05) is 11.6 Å². The molecule has 0 amide bonds. The molecule has 0 saturated carbocycles. The van der Waals surface area contributed by atoms with Gasteiger partial charge in [-0.25, -0.2) is 4.39 Å². The van der Waals surface area contributed by atoms with Gasteiger partial charge < -0.3 is 10.5 Å². The number of benzene rings is 2. The van der Waals surface area contributed by atoms with Crippen molar-refractivity contribution < 1.29 is 13.9 Å². The summed E-state index contributed by atoms with van der Waals surface area (Å²) in [6, 6.07) is 8.98. The van der Waals surface area contributed by atoms with Gasteiger partial charge in [0, 0.05) is 11.3 Å². The summed E-state index contributed by atoms with van der Waals surface area (Å²) in [5.41, 5.74) is 7.41. The van der Waals surface area contributed by atoms with E-state index in [1.165, 1.54) is 19.2 Å². The second kappa shape index (κ2) is 5.10. The van der Waals surface area contributed by atoms with E-state index >= 15 is 0 Å². The van der Waals surface area contributed by atoms with Crippen LogP contribution in [0.5, 0.6) is 5.75 Å². The number of carbonyl (C=O) groups is 1. The van der Waals surface area contributed by atoms with Gasteiger partial charge in [-0.3, -0.25) is 4.79 Å². The maximum Gasteiger partial charge on any atom is 0.198 e. The van der Waals surface area contributed by atoms with Crippen LogP contribution in [0.3, 0.4) is 0 Å². The van der Waals surface area contributed by atoms with Gasteiger partial charge in [0.15, 0.2) is 5.78 Å². The molecule has 3 nitrogen and oxygen atoms in total. The van der Waals surface area contributed by atoms with Crippen LogP contribution in [0.25, 0.3) is 0 Å². The van der Waals surface area contributed by atoms with E-state index in [1.807, 2.05) is 13.0 Å². The van der Waals surface area contributed by atoms with Crippen LogP contribution in [-0.4, -0.2) is 12.9 Å². The van der Waals surface area contributed by atoms with E-state index < -0.39 is 5.82 Å². The van der Waals surface area contributed by atoms with Crippen molar-refractivity contribution in [2.45, 2.75) is 6.92 Å². The molecule has 0 saturated heterocycles. The highest BCUT2D eigenvalue weighted by Crippen LogP contribution is 2.25. The van der Waals surface area contributed by atoms with Gasteiger partial charge in [0.25, 0.3) is 0 Å². The second-order valence-electron chi connectivity index (χ2n) is 4.26. The zero-order valence-electron chi connectivity index (χ0n) is 10.7.